The highest BCUT2D eigenvalue weighted by atomic mass is 35.5. The number of amides is 1. The Hall–Kier alpha value is -1.99. The lowest BCUT2D eigenvalue weighted by atomic mass is 10.0. The van der Waals surface area contributed by atoms with Crippen molar-refractivity contribution in [2.75, 3.05) is 19.7 Å². The molecule has 1 aromatic heterocycles. The van der Waals surface area contributed by atoms with Crippen LogP contribution in [0.2, 0.25) is 5.02 Å². The molecular weight excluding hydrogens is 352 g/mol. The third-order valence-electron chi connectivity index (χ3n) is 4.93. The number of morpholine rings is 1. The fourth-order valence-corrected chi connectivity index (χ4v) is 3.61. The van der Waals surface area contributed by atoms with Crippen LogP contribution in [0.1, 0.15) is 29.7 Å². The number of nitrogens with zero attached hydrogens (tertiary/aromatic N) is 2. The largest absolute Gasteiger partial charge is 0.370 e. The second-order valence-electron chi connectivity index (χ2n) is 6.61. The zero-order chi connectivity index (χ0) is 17.9. The molecule has 2 aromatic rings. The highest BCUT2D eigenvalue weighted by Crippen LogP contribution is 2.26. The molecule has 1 amide bonds. The molecule has 2 aliphatic heterocycles. The second-order valence-corrected chi connectivity index (χ2v) is 7.04. The Morgan fingerprint density at radius 3 is 2.65 bits per heavy atom. The van der Waals surface area contributed by atoms with Gasteiger partial charge >= 0.3 is 0 Å². The number of rotatable bonds is 3. The van der Waals surface area contributed by atoms with Gasteiger partial charge < -0.3 is 9.64 Å². The smallest absolute Gasteiger partial charge is 0.241 e. The Kier molecular flexibility index (Phi) is 5.17. The molecule has 0 bridgehead atoms. The Bertz CT molecular complexity index is 756. The van der Waals surface area contributed by atoms with Gasteiger partial charge in [0.15, 0.2) is 0 Å². The summed E-state index contributed by atoms with van der Waals surface area (Å²) in [7, 11) is 0. The van der Waals surface area contributed by atoms with Crippen molar-refractivity contribution in [3.05, 3.63) is 64.9 Å². The van der Waals surface area contributed by atoms with Crippen LogP contribution in [0.15, 0.2) is 48.8 Å². The number of hydrazine groups is 1. The summed E-state index contributed by atoms with van der Waals surface area (Å²) in [5.74, 6) is 0.108. The van der Waals surface area contributed by atoms with E-state index in [0.29, 0.717) is 31.1 Å². The molecule has 4 rings (SSSR count). The average molecular weight is 373 g/mol. The molecule has 6 nitrogen and oxygen atoms in total. The van der Waals surface area contributed by atoms with Gasteiger partial charge in [-0.05, 0) is 41.8 Å². The molecule has 2 aliphatic rings. The van der Waals surface area contributed by atoms with E-state index in [1.807, 2.05) is 41.3 Å². The third kappa shape index (κ3) is 3.73. The van der Waals surface area contributed by atoms with Gasteiger partial charge in [0.2, 0.25) is 5.91 Å². The van der Waals surface area contributed by atoms with Crippen molar-refractivity contribution in [1.82, 2.24) is 20.7 Å². The Morgan fingerprint density at radius 1 is 1.12 bits per heavy atom. The molecule has 7 heteroatoms. The van der Waals surface area contributed by atoms with Gasteiger partial charge in [-0.3, -0.25) is 9.78 Å². The predicted molar refractivity (Wildman–Crippen MR) is 98.4 cm³/mol. The lowest BCUT2D eigenvalue weighted by molar-refractivity contribution is -0.141. The molecular formula is C19H21ClN4O2. The van der Waals surface area contributed by atoms with Crippen LogP contribution < -0.4 is 10.9 Å². The molecule has 2 fully saturated rings. The van der Waals surface area contributed by atoms with E-state index >= 15 is 0 Å². The molecule has 26 heavy (non-hydrogen) atoms. The van der Waals surface area contributed by atoms with Crippen molar-refractivity contribution in [3.63, 3.8) is 0 Å². The molecule has 0 radical (unpaired) electrons. The number of ether oxygens (including phenoxy) is 1. The summed E-state index contributed by atoms with van der Waals surface area (Å²) >= 11 is 5.96. The molecule has 0 saturated carbocycles. The molecule has 3 unspecified atom stereocenters. The minimum absolute atomic E-state index is 0.108. The lowest BCUT2D eigenvalue weighted by Crippen LogP contribution is -2.50. The summed E-state index contributed by atoms with van der Waals surface area (Å²) in [6.45, 7) is 1.70. The van der Waals surface area contributed by atoms with Crippen molar-refractivity contribution < 1.29 is 9.53 Å². The summed E-state index contributed by atoms with van der Waals surface area (Å²) < 4.78 is 5.86. The van der Waals surface area contributed by atoms with E-state index in [4.69, 9.17) is 16.3 Å². The van der Waals surface area contributed by atoms with Gasteiger partial charge in [0.05, 0.1) is 13.2 Å². The number of hydrogen-bond acceptors (Lipinski definition) is 5. The molecule has 1 aromatic carbocycles. The third-order valence-corrected chi connectivity index (χ3v) is 5.18. The van der Waals surface area contributed by atoms with Crippen LogP contribution in [0.3, 0.4) is 0 Å². The van der Waals surface area contributed by atoms with Crippen molar-refractivity contribution in [2.45, 2.75) is 24.6 Å². The van der Waals surface area contributed by atoms with E-state index in [1.54, 1.807) is 12.4 Å². The number of carbonyl (C=O) groups is 1. The molecule has 3 atom stereocenters. The van der Waals surface area contributed by atoms with Crippen LogP contribution in [0.25, 0.3) is 0 Å². The van der Waals surface area contributed by atoms with E-state index in [2.05, 4.69) is 15.8 Å². The Morgan fingerprint density at radius 2 is 1.88 bits per heavy atom. The van der Waals surface area contributed by atoms with E-state index in [1.165, 1.54) is 0 Å². The second kappa shape index (κ2) is 7.72. The van der Waals surface area contributed by atoms with E-state index in [9.17, 15) is 4.79 Å². The fraction of sp³-hybridized carbons (Fsp3) is 0.368. The molecule has 0 aliphatic carbocycles. The molecule has 0 spiro atoms. The number of pyridine rings is 1. The quantitative estimate of drug-likeness (QED) is 0.865. The number of aromatic nitrogens is 1. The molecule has 3 heterocycles. The monoisotopic (exact) mass is 372 g/mol. The van der Waals surface area contributed by atoms with Crippen molar-refractivity contribution in [2.24, 2.45) is 0 Å². The zero-order valence-corrected chi connectivity index (χ0v) is 15.0. The first-order valence-electron chi connectivity index (χ1n) is 8.77. The average Bonchev–Trinajstić information content (AvgIpc) is 3.19. The minimum atomic E-state index is -0.239. The molecule has 2 saturated heterocycles. The Balaban J connectivity index is 1.39. The van der Waals surface area contributed by atoms with Crippen molar-refractivity contribution in [1.29, 1.82) is 0 Å². The van der Waals surface area contributed by atoms with Gasteiger partial charge in [-0.15, -0.1) is 0 Å². The number of benzene rings is 1. The molecule has 136 valence electrons. The number of hydrogen-bond donors (Lipinski definition) is 2. The van der Waals surface area contributed by atoms with Gasteiger partial charge in [0.25, 0.3) is 0 Å². The summed E-state index contributed by atoms with van der Waals surface area (Å²) in [5, 5.41) is 0.695. The van der Waals surface area contributed by atoms with Crippen molar-refractivity contribution >= 4 is 17.5 Å². The maximum Gasteiger partial charge on any atom is 0.241 e. The fourth-order valence-electron chi connectivity index (χ4n) is 3.48. The van der Waals surface area contributed by atoms with Crippen LogP contribution >= 0.6 is 11.6 Å². The van der Waals surface area contributed by atoms with E-state index < -0.39 is 0 Å². The van der Waals surface area contributed by atoms with Crippen LogP contribution in [0.4, 0.5) is 0 Å². The van der Waals surface area contributed by atoms with Gasteiger partial charge in [-0.25, -0.2) is 10.9 Å². The summed E-state index contributed by atoms with van der Waals surface area (Å²) in [4.78, 5) is 18.9. The summed E-state index contributed by atoms with van der Waals surface area (Å²) in [5.41, 5.74) is 8.53. The van der Waals surface area contributed by atoms with Crippen LogP contribution in [0.5, 0.6) is 0 Å². The lowest BCUT2D eigenvalue weighted by Gasteiger charge is -2.34. The topological polar surface area (TPSA) is 66.5 Å². The Labute approximate surface area is 157 Å². The first-order chi connectivity index (χ1) is 12.7. The highest BCUT2D eigenvalue weighted by molar-refractivity contribution is 6.30. The van der Waals surface area contributed by atoms with Crippen LogP contribution in [-0.2, 0) is 9.53 Å². The van der Waals surface area contributed by atoms with E-state index in [0.717, 1.165) is 11.1 Å². The maximum absolute atomic E-state index is 12.9. The van der Waals surface area contributed by atoms with Gasteiger partial charge in [0.1, 0.15) is 12.1 Å². The number of nitrogens with one attached hydrogen (secondary N) is 2. The van der Waals surface area contributed by atoms with Crippen LogP contribution in [-0.4, -0.2) is 41.5 Å². The first kappa shape index (κ1) is 17.4. The van der Waals surface area contributed by atoms with E-state index in [-0.39, 0.29) is 24.1 Å². The predicted octanol–water partition coefficient (Wildman–Crippen LogP) is 2.24. The highest BCUT2D eigenvalue weighted by Gasteiger charge is 2.35. The van der Waals surface area contributed by atoms with Crippen LogP contribution in [0, 0.1) is 0 Å². The van der Waals surface area contributed by atoms with Crippen molar-refractivity contribution in [3.8, 4) is 0 Å². The van der Waals surface area contributed by atoms with Gasteiger partial charge in [0, 0.05) is 30.0 Å². The summed E-state index contributed by atoms with van der Waals surface area (Å²) in [6, 6.07) is 11.4. The molecule has 2 N–H and O–H groups in total. The zero-order valence-electron chi connectivity index (χ0n) is 14.3. The standard InChI is InChI=1S/C19H21ClN4O2/c20-15-3-1-14(2-4-15)18-12-24(9-10-26-18)19(25)17-11-16(22-23-17)13-5-7-21-8-6-13/h1-8,16-18,22-23H,9-12H2. The first-order valence-corrected chi connectivity index (χ1v) is 9.15. The number of halogens is 1. The number of carbonyl (C=O) groups excluding carboxylic acids is 1. The maximum atomic E-state index is 12.9. The normalized spacial score (nSPS) is 26.0. The summed E-state index contributed by atoms with van der Waals surface area (Å²) in [6.07, 6.45) is 4.14. The SMILES string of the molecule is O=C(C1CC(c2ccncc2)NN1)N1CCOC(c2ccc(Cl)cc2)C1. The van der Waals surface area contributed by atoms with Gasteiger partial charge in [-0.1, -0.05) is 23.7 Å². The van der Waals surface area contributed by atoms with Gasteiger partial charge in [-0.2, -0.15) is 0 Å². The minimum Gasteiger partial charge on any atom is -0.370 e.